The number of carbonyl (C=O) groups excluding carboxylic acids is 2. The van der Waals surface area contributed by atoms with Crippen molar-refractivity contribution in [3.63, 3.8) is 0 Å². The average Bonchev–Trinajstić information content (AvgIpc) is 2.91. The lowest BCUT2D eigenvalue weighted by molar-refractivity contribution is 0.0814. The van der Waals surface area contributed by atoms with Crippen LogP contribution in [0.2, 0.25) is 0 Å². The molecular formula is C29H24O5. The Hall–Kier alpha value is -4.38. The van der Waals surface area contributed by atoms with Gasteiger partial charge < -0.3 is 14.2 Å². The minimum absolute atomic E-state index is 0.184. The number of ether oxygens (including phenoxy) is 3. The van der Waals surface area contributed by atoms with Crippen molar-refractivity contribution in [3.05, 3.63) is 125 Å². The summed E-state index contributed by atoms with van der Waals surface area (Å²) in [6, 6.07) is 30.7. The molecule has 0 spiro atoms. The fourth-order valence-electron chi connectivity index (χ4n) is 3.37. The maximum Gasteiger partial charge on any atom is 0.237 e. The zero-order valence-corrected chi connectivity index (χ0v) is 18.8. The third-order valence-electron chi connectivity index (χ3n) is 5.24. The van der Waals surface area contributed by atoms with E-state index in [-0.39, 0.29) is 17.7 Å². The summed E-state index contributed by atoms with van der Waals surface area (Å²) in [5.41, 5.74) is 2.43. The summed E-state index contributed by atoms with van der Waals surface area (Å²) in [4.78, 5) is 26.0. The first-order chi connectivity index (χ1) is 16.6. The molecule has 0 bridgehead atoms. The topological polar surface area (TPSA) is 61.8 Å². The average molecular weight is 453 g/mol. The van der Waals surface area contributed by atoms with E-state index in [1.165, 1.54) is 0 Å². The highest BCUT2D eigenvalue weighted by Crippen LogP contribution is 2.28. The molecular weight excluding hydrogens is 428 g/mol. The standard InChI is InChI=1S/C29H24O5/c1-32-24-14-12-23(13-15-24)28(30)29(31)26-17-16-25(33-19-21-8-4-2-5-9-21)18-27(26)34-20-22-10-6-3-7-11-22/h2-18H,19-20H2,1H3. The number of hydrogen-bond acceptors (Lipinski definition) is 5. The second kappa shape index (κ2) is 11.0. The molecule has 0 heterocycles. The lowest BCUT2D eigenvalue weighted by Crippen LogP contribution is -2.16. The highest BCUT2D eigenvalue weighted by atomic mass is 16.5. The van der Waals surface area contributed by atoms with Gasteiger partial charge in [0.05, 0.1) is 12.7 Å². The summed E-state index contributed by atoms with van der Waals surface area (Å²) in [7, 11) is 1.54. The second-order valence-corrected chi connectivity index (χ2v) is 7.59. The zero-order valence-electron chi connectivity index (χ0n) is 18.8. The zero-order chi connectivity index (χ0) is 23.8. The number of rotatable bonds is 10. The van der Waals surface area contributed by atoms with Gasteiger partial charge in [-0.2, -0.15) is 0 Å². The predicted octanol–water partition coefficient (Wildman–Crippen LogP) is 5.92. The van der Waals surface area contributed by atoms with Crippen LogP contribution >= 0.6 is 0 Å². The van der Waals surface area contributed by atoms with Crippen molar-refractivity contribution in [2.75, 3.05) is 7.11 Å². The quantitative estimate of drug-likeness (QED) is 0.221. The summed E-state index contributed by atoms with van der Waals surface area (Å²) in [5.74, 6) is 0.172. The van der Waals surface area contributed by atoms with Crippen molar-refractivity contribution in [3.8, 4) is 17.2 Å². The Kier molecular flexibility index (Phi) is 7.35. The number of Topliss-reactive ketones (excluding diaryl/α,β-unsaturated/α-hetero) is 2. The van der Waals surface area contributed by atoms with Crippen LogP contribution in [0.3, 0.4) is 0 Å². The summed E-state index contributed by atoms with van der Waals surface area (Å²) >= 11 is 0. The van der Waals surface area contributed by atoms with Crippen LogP contribution in [0, 0.1) is 0 Å². The van der Waals surface area contributed by atoms with Gasteiger partial charge in [-0.1, -0.05) is 60.7 Å². The molecule has 4 rings (SSSR count). The molecule has 0 saturated heterocycles. The maximum atomic E-state index is 13.1. The molecule has 0 N–H and O–H groups in total. The Bertz CT molecular complexity index is 1250. The van der Waals surface area contributed by atoms with Crippen LogP contribution in [0.25, 0.3) is 0 Å². The minimum Gasteiger partial charge on any atom is -0.497 e. The third kappa shape index (κ3) is 5.70. The molecule has 0 aliphatic carbocycles. The van der Waals surface area contributed by atoms with E-state index in [1.54, 1.807) is 49.6 Å². The molecule has 4 aromatic rings. The SMILES string of the molecule is COc1ccc(C(=O)C(=O)c2ccc(OCc3ccccc3)cc2OCc2ccccc2)cc1. The number of ketones is 2. The van der Waals surface area contributed by atoms with E-state index in [9.17, 15) is 9.59 Å². The van der Waals surface area contributed by atoms with Gasteiger partial charge >= 0.3 is 0 Å². The first-order valence-corrected chi connectivity index (χ1v) is 10.8. The van der Waals surface area contributed by atoms with Crippen molar-refractivity contribution >= 4 is 11.6 Å². The third-order valence-corrected chi connectivity index (χ3v) is 5.24. The molecule has 0 atom stereocenters. The Labute approximate surface area is 198 Å². The van der Waals surface area contributed by atoms with Gasteiger partial charge in [-0.25, -0.2) is 0 Å². The van der Waals surface area contributed by atoms with Gasteiger partial charge in [0.2, 0.25) is 11.6 Å². The van der Waals surface area contributed by atoms with Gasteiger partial charge in [0.1, 0.15) is 30.5 Å². The van der Waals surface area contributed by atoms with Crippen LogP contribution < -0.4 is 14.2 Å². The van der Waals surface area contributed by atoms with Crippen LogP contribution in [-0.4, -0.2) is 18.7 Å². The van der Waals surface area contributed by atoms with Crippen LogP contribution in [0.15, 0.2) is 103 Å². The van der Waals surface area contributed by atoms with Crippen LogP contribution in [0.1, 0.15) is 31.8 Å². The maximum absolute atomic E-state index is 13.1. The van der Waals surface area contributed by atoms with E-state index in [2.05, 4.69) is 0 Å². The summed E-state index contributed by atoms with van der Waals surface area (Å²) in [5, 5.41) is 0. The predicted molar refractivity (Wildman–Crippen MR) is 130 cm³/mol. The van der Waals surface area contributed by atoms with E-state index in [1.807, 2.05) is 60.7 Å². The van der Waals surface area contributed by atoms with E-state index in [0.29, 0.717) is 23.9 Å². The van der Waals surface area contributed by atoms with E-state index < -0.39 is 11.6 Å². The van der Waals surface area contributed by atoms with Gasteiger partial charge in [-0.15, -0.1) is 0 Å². The molecule has 0 aromatic heterocycles. The second-order valence-electron chi connectivity index (χ2n) is 7.59. The molecule has 0 fully saturated rings. The molecule has 0 aliphatic rings. The van der Waals surface area contributed by atoms with Crippen molar-refractivity contribution in [1.82, 2.24) is 0 Å². The summed E-state index contributed by atoms with van der Waals surface area (Å²) in [6.45, 7) is 0.622. The normalized spacial score (nSPS) is 10.4. The Morgan fingerprint density at radius 1 is 0.618 bits per heavy atom. The minimum atomic E-state index is -0.650. The van der Waals surface area contributed by atoms with Gasteiger partial charge in [-0.3, -0.25) is 9.59 Å². The molecule has 0 aliphatic heterocycles. The van der Waals surface area contributed by atoms with Crippen LogP contribution in [0.4, 0.5) is 0 Å². The molecule has 5 heteroatoms. The fourth-order valence-corrected chi connectivity index (χ4v) is 3.37. The fraction of sp³-hybridized carbons (Fsp3) is 0.103. The Morgan fingerprint density at radius 3 is 1.76 bits per heavy atom. The number of hydrogen-bond donors (Lipinski definition) is 0. The van der Waals surface area contributed by atoms with Crippen molar-refractivity contribution in [2.45, 2.75) is 13.2 Å². The molecule has 5 nitrogen and oxygen atoms in total. The largest absolute Gasteiger partial charge is 0.497 e. The molecule has 0 amide bonds. The van der Waals surface area contributed by atoms with Crippen molar-refractivity contribution < 1.29 is 23.8 Å². The first kappa shape index (κ1) is 22.8. The van der Waals surface area contributed by atoms with Crippen LogP contribution in [-0.2, 0) is 13.2 Å². The molecule has 0 unspecified atom stereocenters. The lowest BCUT2D eigenvalue weighted by Gasteiger charge is -2.14. The van der Waals surface area contributed by atoms with E-state index in [0.717, 1.165) is 11.1 Å². The van der Waals surface area contributed by atoms with Crippen molar-refractivity contribution in [2.24, 2.45) is 0 Å². The summed E-state index contributed by atoms with van der Waals surface area (Å²) in [6.07, 6.45) is 0. The Balaban J connectivity index is 1.58. The highest BCUT2D eigenvalue weighted by Gasteiger charge is 2.23. The number of carbonyl (C=O) groups is 2. The number of benzene rings is 4. The number of methoxy groups -OCH3 is 1. The van der Waals surface area contributed by atoms with Gasteiger partial charge in [0.25, 0.3) is 0 Å². The molecule has 0 saturated carbocycles. The molecule has 170 valence electrons. The highest BCUT2D eigenvalue weighted by molar-refractivity contribution is 6.49. The smallest absolute Gasteiger partial charge is 0.237 e. The lowest BCUT2D eigenvalue weighted by atomic mass is 10.0. The first-order valence-electron chi connectivity index (χ1n) is 10.8. The van der Waals surface area contributed by atoms with Crippen LogP contribution in [0.5, 0.6) is 17.2 Å². The Morgan fingerprint density at radius 2 is 1.18 bits per heavy atom. The van der Waals surface area contributed by atoms with Crippen molar-refractivity contribution in [1.29, 1.82) is 0 Å². The molecule has 0 radical (unpaired) electrons. The van der Waals surface area contributed by atoms with Gasteiger partial charge in [0, 0.05) is 11.6 Å². The van der Waals surface area contributed by atoms with Gasteiger partial charge in [-0.05, 0) is 47.5 Å². The molecule has 34 heavy (non-hydrogen) atoms. The monoisotopic (exact) mass is 452 g/mol. The van der Waals surface area contributed by atoms with Gasteiger partial charge in [0.15, 0.2) is 0 Å². The molecule has 4 aromatic carbocycles. The summed E-state index contributed by atoms with van der Waals surface area (Å²) < 4.78 is 17.0. The van der Waals surface area contributed by atoms with E-state index >= 15 is 0 Å². The van der Waals surface area contributed by atoms with E-state index in [4.69, 9.17) is 14.2 Å².